The van der Waals surface area contributed by atoms with Crippen molar-refractivity contribution in [3.05, 3.63) is 53.9 Å². The minimum Gasteiger partial charge on any atom is -0.334 e. The van der Waals surface area contributed by atoms with E-state index >= 15 is 0 Å². The molecule has 0 bridgehead atoms. The van der Waals surface area contributed by atoms with Crippen molar-refractivity contribution in [1.29, 1.82) is 0 Å². The molecule has 1 atom stereocenters. The van der Waals surface area contributed by atoms with Crippen LogP contribution in [-0.2, 0) is 13.1 Å². The lowest BCUT2D eigenvalue weighted by Gasteiger charge is -2.38. The molecule has 5 heteroatoms. The van der Waals surface area contributed by atoms with Crippen LogP contribution in [0.4, 0.5) is 4.39 Å². The van der Waals surface area contributed by atoms with Gasteiger partial charge in [-0.15, -0.1) is 0 Å². The second kappa shape index (κ2) is 7.23. The minimum atomic E-state index is -0.153. The first kappa shape index (κ1) is 16.1. The van der Waals surface area contributed by atoms with Gasteiger partial charge in [0.15, 0.2) is 0 Å². The normalized spacial score (nSPS) is 18.2. The van der Waals surface area contributed by atoms with Crippen LogP contribution >= 0.6 is 0 Å². The predicted octanol–water partition coefficient (Wildman–Crippen LogP) is 2.92. The van der Waals surface area contributed by atoms with Crippen LogP contribution in [0.2, 0.25) is 0 Å². The molecular formula is C18H25FN4. The van der Waals surface area contributed by atoms with Crippen molar-refractivity contribution in [1.82, 2.24) is 19.4 Å². The van der Waals surface area contributed by atoms with Crippen LogP contribution in [0, 0.1) is 5.82 Å². The molecule has 0 N–H and O–H groups in total. The van der Waals surface area contributed by atoms with Crippen molar-refractivity contribution in [2.24, 2.45) is 0 Å². The Morgan fingerprint density at radius 3 is 2.70 bits per heavy atom. The van der Waals surface area contributed by atoms with E-state index in [0.717, 1.165) is 50.7 Å². The third-order valence-electron chi connectivity index (χ3n) is 4.79. The van der Waals surface area contributed by atoms with E-state index in [0.29, 0.717) is 0 Å². The molecule has 0 aliphatic carbocycles. The molecule has 4 nitrogen and oxygen atoms in total. The lowest BCUT2D eigenvalue weighted by molar-refractivity contribution is 0.0954. The molecule has 1 aromatic heterocycles. The van der Waals surface area contributed by atoms with Crippen LogP contribution in [0.1, 0.15) is 31.3 Å². The largest absolute Gasteiger partial charge is 0.334 e. The zero-order valence-corrected chi connectivity index (χ0v) is 14.0. The van der Waals surface area contributed by atoms with E-state index < -0.39 is 0 Å². The van der Waals surface area contributed by atoms with E-state index in [9.17, 15) is 4.39 Å². The van der Waals surface area contributed by atoms with Gasteiger partial charge in [0.25, 0.3) is 0 Å². The lowest BCUT2D eigenvalue weighted by Crippen LogP contribution is -2.46. The van der Waals surface area contributed by atoms with Crippen molar-refractivity contribution < 1.29 is 4.39 Å². The molecule has 2 aromatic rings. The van der Waals surface area contributed by atoms with Crippen molar-refractivity contribution >= 4 is 0 Å². The SMILES string of the molecule is CCn1ccnc1CN1CCN(C(C)c2cccc(F)c2)CC1. The standard InChI is InChI=1S/C18H25FN4/c1-3-22-8-7-20-18(22)14-21-9-11-23(12-10-21)15(2)16-5-4-6-17(19)13-16/h4-8,13,15H,3,9-12,14H2,1-2H3. The summed E-state index contributed by atoms with van der Waals surface area (Å²) in [5.74, 6) is 0.985. The zero-order valence-electron chi connectivity index (χ0n) is 14.0. The molecule has 1 saturated heterocycles. The fraction of sp³-hybridized carbons (Fsp3) is 0.500. The van der Waals surface area contributed by atoms with Gasteiger partial charge in [-0.05, 0) is 31.5 Å². The Kier molecular flexibility index (Phi) is 5.08. The molecule has 1 aromatic carbocycles. The van der Waals surface area contributed by atoms with Gasteiger partial charge in [-0.1, -0.05) is 12.1 Å². The number of hydrogen-bond acceptors (Lipinski definition) is 3. The predicted molar refractivity (Wildman–Crippen MR) is 89.6 cm³/mol. The molecule has 1 fully saturated rings. The van der Waals surface area contributed by atoms with Crippen LogP contribution in [0.5, 0.6) is 0 Å². The average Bonchev–Trinajstić information content (AvgIpc) is 3.02. The van der Waals surface area contributed by atoms with Crippen molar-refractivity contribution in [3.63, 3.8) is 0 Å². The topological polar surface area (TPSA) is 24.3 Å². The molecule has 0 saturated carbocycles. The van der Waals surface area contributed by atoms with Gasteiger partial charge in [-0.3, -0.25) is 9.80 Å². The summed E-state index contributed by atoms with van der Waals surface area (Å²) in [6.45, 7) is 10.2. The van der Waals surface area contributed by atoms with Gasteiger partial charge in [-0.2, -0.15) is 0 Å². The summed E-state index contributed by atoms with van der Waals surface area (Å²) in [5.41, 5.74) is 1.06. The Bertz CT molecular complexity index is 631. The first-order chi connectivity index (χ1) is 11.2. The monoisotopic (exact) mass is 316 g/mol. The highest BCUT2D eigenvalue weighted by Crippen LogP contribution is 2.22. The summed E-state index contributed by atoms with van der Waals surface area (Å²) in [4.78, 5) is 9.33. The molecule has 0 radical (unpaired) electrons. The number of hydrogen-bond donors (Lipinski definition) is 0. The minimum absolute atomic E-state index is 0.153. The molecule has 3 rings (SSSR count). The van der Waals surface area contributed by atoms with Crippen molar-refractivity contribution in [2.45, 2.75) is 33.0 Å². The smallest absolute Gasteiger partial charge is 0.123 e. The molecule has 0 spiro atoms. The number of imidazole rings is 1. The molecule has 124 valence electrons. The molecule has 2 heterocycles. The molecule has 23 heavy (non-hydrogen) atoms. The lowest BCUT2D eigenvalue weighted by atomic mass is 10.1. The summed E-state index contributed by atoms with van der Waals surface area (Å²) < 4.78 is 15.6. The number of aromatic nitrogens is 2. The highest BCUT2D eigenvalue weighted by Gasteiger charge is 2.23. The molecule has 1 aliphatic rings. The summed E-state index contributed by atoms with van der Waals surface area (Å²) in [5, 5.41) is 0. The Morgan fingerprint density at radius 1 is 1.22 bits per heavy atom. The van der Waals surface area contributed by atoms with E-state index in [4.69, 9.17) is 0 Å². The molecule has 1 unspecified atom stereocenters. The molecule has 0 amide bonds. The number of aryl methyl sites for hydroxylation is 1. The van der Waals surface area contributed by atoms with Gasteiger partial charge in [0, 0.05) is 51.2 Å². The van der Waals surface area contributed by atoms with Crippen molar-refractivity contribution in [2.75, 3.05) is 26.2 Å². The van der Waals surface area contributed by atoms with Crippen LogP contribution in [0.15, 0.2) is 36.7 Å². The fourth-order valence-corrected chi connectivity index (χ4v) is 3.27. The highest BCUT2D eigenvalue weighted by atomic mass is 19.1. The second-order valence-electron chi connectivity index (χ2n) is 6.17. The Labute approximate surface area is 137 Å². The maximum atomic E-state index is 13.4. The number of piperazine rings is 1. The van der Waals surface area contributed by atoms with Crippen LogP contribution in [0.3, 0.4) is 0 Å². The Morgan fingerprint density at radius 2 is 2.00 bits per heavy atom. The second-order valence-corrected chi connectivity index (χ2v) is 6.17. The van der Waals surface area contributed by atoms with E-state index in [1.54, 1.807) is 12.1 Å². The van der Waals surface area contributed by atoms with E-state index in [2.05, 4.69) is 33.2 Å². The van der Waals surface area contributed by atoms with Crippen LogP contribution in [0.25, 0.3) is 0 Å². The molecular weight excluding hydrogens is 291 g/mol. The first-order valence-electron chi connectivity index (χ1n) is 8.39. The van der Waals surface area contributed by atoms with Crippen LogP contribution < -0.4 is 0 Å². The zero-order chi connectivity index (χ0) is 16.2. The first-order valence-corrected chi connectivity index (χ1v) is 8.39. The Hall–Kier alpha value is -1.72. The quantitative estimate of drug-likeness (QED) is 0.848. The van der Waals surface area contributed by atoms with Gasteiger partial charge in [0.05, 0.1) is 6.54 Å². The van der Waals surface area contributed by atoms with Crippen molar-refractivity contribution in [3.8, 4) is 0 Å². The molecule has 1 aliphatic heterocycles. The summed E-state index contributed by atoms with van der Waals surface area (Å²) in [6, 6.07) is 7.21. The third-order valence-corrected chi connectivity index (χ3v) is 4.79. The van der Waals surface area contributed by atoms with Gasteiger partial charge in [0.1, 0.15) is 11.6 Å². The Balaban J connectivity index is 1.56. The summed E-state index contributed by atoms with van der Waals surface area (Å²) in [7, 11) is 0. The van der Waals surface area contributed by atoms with Gasteiger partial charge < -0.3 is 4.57 Å². The van der Waals surface area contributed by atoms with E-state index in [1.165, 1.54) is 6.07 Å². The number of rotatable bonds is 5. The highest BCUT2D eigenvalue weighted by molar-refractivity contribution is 5.19. The summed E-state index contributed by atoms with van der Waals surface area (Å²) >= 11 is 0. The van der Waals surface area contributed by atoms with Gasteiger partial charge in [-0.25, -0.2) is 9.37 Å². The maximum absolute atomic E-state index is 13.4. The van der Waals surface area contributed by atoms with Gasteiger partial charge >= 0.3 is 0 Å². The summed E-state index contributed by atoms with van der Waals surface area (Å²) in [6.07, 6.45) is 3.92. The maximum Gasteiger partial charge on any atom is 0.123 e. The third kappa shape index (κ3) is 3.79. The van der Waals surface area contributed by atoms with Crippen LogP contribution in [-0.4, -0.2) is 45.5 Å². The van der Waals surface area contributed by atoms with E-state index in [-0.39, 0.29) is 11.9 Å². The average molecular weight is 316 g/mol. The number of benzene rings is 1. The van der Waals surface area contributed by atoms with Gasteiger partial charge in [0.2, 0.25) is 0 Å². The number of nitrogens with zero attached hydrogens (tertiary/aromatic N) is 4. The fourth-order valence-electron chi connectivity index (χ4n) is 3.27. The number of halogens is 1. The van der Waals surface area contributed by atoms with E-state index in [1.807, 2.05) is 18.5 Å².